The van der Waals surface area contributed by atoms with E-state index in [0.29, 0.717) is 0 Å². The predicted molar refractivity (Wildman–Crippen MR) is 339 cm³/mol. The van der Waals surface area contributed by atoms with Crippen molar-refractivity contribution >= 4 is 34.1 Å². The molecule has 0 saturated carbocycles. The molecule has 0 aromatic heterocycles. The summed E-state index contributed by atoms with van der Waals surface area (Å²) in [6, 6.07) is 120. The van der Waals surface area contributed by atoms with Gasteiger partial charge >= 0.3 is 0 Å². The highest BCUT2D eigenvalue weighted by Crippen LogP contribution is 2.62. The Bertz CT molecular complexity index is 4110. The molecule has 15 rings (SSSR count). The van der Waals surface area contributed by atoms with E-state index < -0.39 is 5.41 Å². The molecule has 0 fully saturated rings. The summed E-state index contributed by atoms with van der Waals surface area (Å²) in [6.45, 7) is 0. The molecule has 380 valence electrons. The van der Waals surface area contributed by atoms with Crippen molar-refractivity contribution in [3.8, 4) is 77.9 Å². The summed E-state index contributed by atoms with van der Waals surface area (Å²) in [4.78, 5) is 4.69. The highest BCUT2D eigenvalue weighted by atomic mass is 15.1. The maximum absolute atomic E-state index is 2.50. The van der Waals surface area contributed by atoms with Crippen LogP contribution < -0.4 is 9.80 Å². The third-order valence-electron chi connectivity index (χ3n) is 16.7. The van der Waals surface area contributed by atoms with Crippen LogP contribution in [0.15, 0.2) is 328 Å². The van der Waals surface area contributed by atoms with Crippen LogP contribution in [0.4, 0.5) is 34.1 Å². The molecule has 2 aliphatic rings. The standard InChI is InChI=1S/C79H54N2/c1-5-19-55(20-6-1)57-33-43-65(44-34-57)80(63-23-9-3-10-24-63)67-47-37-59(38-48-67)61-41-51-73-74-52-42-62(60-39-49-68(50-40-60)81(64-25-11-4-12-26-64)66-45-35-58(36-46-66)56-21-7-2-8-22-56)54-78(74)79(77(73)53-61)75-31-17-15-29-71(75)69-27-13-14-28-70(69)72-30-16-18-32-76(72)79/h1-54H. The summed E-state index contributed by atoms with van der Waals surface area (Å²) in [6.07, 6.45) is 0. The first kappa shape index (κ1) is 47.7. The zero-order valence-corrected chi connectivity index (χ0v) is 44.6. The van der Waals surface area contributed by atoms with Crippen molar-refractivity contribution in [3.05, 3.63) is 350 Å². The lowest BCUT2D eigenvalue weighted by Crippen LogP contribution is -2.29. The number of hydrogen-bond acceptors (Lipinski definition) is 2. The van der Waals surface area contributed by atoms with Crippen LogP contribution in [0, 0.1) is 0 Å². The maximum Gasteiger partial charge on any atom is 0.0725 e. The van der Waals surface area contributed by atoms with Crippen molar-refractivity contribution in [1.82, 2.24) is 0 Å². The van der Waals surface area contributed by atoms with Crippen molar-refractivity contribution in [1.29, 1.82) is 0 Å². The van der Waals surface area contributed by atoms with E-state index in [4.69, 9.17) is 0 Å². The first-order valence-corrected chi connectivity index (χ1v) is 28.0. The maximum atomic E-state index is 2.50. The highest BCUT2D eigenvalue weighted by Gasteiger charge is 2.50. The second kappa shape index (κ2) is 20.0. The minimum absolute atomic E-state index is 0.658. The second-order valence-electron chi connectivity index (χ2n) is 21.2. The Labute approximate surface area is 474 Å². The normalized spacial score (nSPS) is 12.3. The smallest absolute Gasteiger partial charge is 0.0725 e. The van der Waals surface area contributed by atoms with Crippen LogP contribution in [0.3, 0.4) is 0 Å². The molecule has 0 bridgehead atoms. The largest absolute Gasteiger partial charge is 0.311 e. The number of anilines is 6. The van der Waals surface area contributed by atoms with Crippen LogP contribution >= 0.6 is 0 Å². The van der Waals surface area contributed by atoms with Crippen molar-refractivity contribution in [2.45, 2.75) is 5.41 Å². The molecule has 2 heteroatoms. The zero-order valence-electron chi connectivity index (χ0n) is 44.6. The molecule has 81 heavy (non-hydrogen) atoms. The summed E-state index contributed by atoms with van der Waals surface area (Å²) in [5.41, 5.74) is 28.1. The van der Waals surface area contributed by atoms with E-state index in [-0.39, 0.29) is 0 Å². The molecule has 0 aliphatic heterocycles. The van der Waals surface area contributed by atoms with Crippen molar-refractivity contribution in [3.63, 3.8) is 0 Å². The summed E-state index contributed by atoms with van der Waals surface area (Å²) < 4.78 is 0. The lowest BCUT2D eigenvalue weighted by molar-refractivity contribution is 0.776. The second-order valence-corrected chi connectivity index (χ2v) is 21.2. The fourth-order valence-electron chi connectivity index (χ4n) is 13.0. The molecule has 0 saturated heterocycles. The van der Waals surface area contributed by atoms with Gasteiger partial charge in [0.2, 0.25) is 0 Å². The number of nitrogens with zero attached hydrogens (tertiary/aromatic N) is 2. The van der Waals surface area contributed by atoms with Gasteiger partial charge < -0.3 is 9.80 Å². The van der Waals surface area contributed by atoms with Gasteiger partial charge in [-0.2, -0.15) is 0 Å². The number of fused-ring (bicyclic) bond motifs is 12. The quantitative estimate of drug-likeness (QED) is 0.135. The first-order valence-electron chi connectivity index (χ1n) is 28.0. The average Bonchev–Trinajstić information content (AvgIpc) is 2.09. The number of benzene rings is 13. The van der Waals surface area contributed by atoms with E-state index in [9.17, 15) is 0 Å². The van der Waals surface area contributed by atoms with Gasteiger partial charge in [0.1, 0.15) is 0 Å². The number of rotatable bonds is 10. The molecule has 0 amide bonds. The Morgan fingerprint density at radius 3 is 0.741 bits per heavy atom. The fourth-order valence-corrected chi connectivity index (χ4v) is 13.0. The molecule has 1 spiro atoms. The molecule has 0 radical (unpaired) electrons. The fraction of sp³-hybridized carbons (Fsp3) is 0.0127. The van der Waals surface area contributed by atoms with Gasteiger partial charge in [-0.05, 0) is 185 Å². The van der Waals surface area contributed by atoms with Gasteiger partial charge in [-0.3, -0.25) is 0 Å². The monoisotopic (exact) mass is 1030 g/mol. The van der Waals surface area contributed by atoms with E-state index >= 15 is 0 Å². The Balaban J connectivity index is 0.854. The van der Waals surface area contributed by atoms with Crippen molar-refractivity contribution < 1.29 is 0 Å². The Morgan fingerprint density at radius 2 is 0.395 bits per heavy atom. The Kier molecular flexibility index (Phi) is 11.8. The minimum atomic E-state index is -0.658. The lowest BCUT2D eigenvalue weighted by atomic mass is 9.65. The van der Waals surface area contributed by atoms with Gasteiger partial charge in [0.15, 0.2) is 0 Å². The van der Waals surface area contributed by atoms with Crippen LogP contribution in [-0.2, 0) is 5.41 Å². The van der Waals surface area contributed by atoms with Gasteiger partial charge in [-0.25, -0.2) is 0 Å². The molecule has 0 atom stereocenters. The van der Waals surface area contributed by atoms with Crippen molar-refractivity contribution in [2.24, 2.45) is 0 Å². The molecular formula is C79H54N2. The number of hydrogen-bond donors (Lipinski definition) is 0. The van der Waals surface area contributed by atoms with Crippen LogP contribution in [0.25, 0.3) is 77.9 Å². The minimum Gasteiger partial charge on any atom is -0.311 e. The van der Waals surface area contributed by atoms with Crippen LogP contribution in [0.2, 0.25) is 0 Å². The van der Waals surface area contributed by atoms with E-state index in [1.807, 2.05) is 0 Å². The van der Waals surface area contributed by atoms with Gasteiger partial charge in [-0.1, -0.05) is 243 Å². The Morgan fingerprint density at radius 1 is 0.160 bits per heavy atom. The molecule has 0 N–H and O–H groups in total. The predicted octanol–water partition coefficient (Wildman–Crippen LogP) is 21.3. The van der Waals surface area contributed by atoms with Gasteiger partial charge in [0, 0.05) is 34.1 Å². The summed E-state index contributed by atoms with van der Waals surface area (Å²) in [5.74, 6) is 0. The third kappa shape index (κ3) is 8.19. The lowest BCUT2D eigenvalue weighted by Gasteiger charge is -2.35. The molecular weight excluding hydrogens is 977 g/mol. The van der Waals surface area contributed by atoms with Crippen LogP contribution in [0.5, 0.6) is 0 Å². The molecule has 13 aromatic carbocycles. The molecule has 0 heterocycles. The molecule has 2 nitrogen and oxygen atoms in total. The van der Waals surface area contributed by atoms with Gasteiger partial charge in [-0.15, -0.1) is 0 Å². The van der Waals surface area contributed by atoms with E-state index in [0.717, 1.165) is 45.3 Å². The first-order chi connectivity index (χ1) is 40.2. The van der Waals surface area contributed by atoms with Crippen LogP contribution in [0.1, 0.15) is 22.3 Å². The summed E-state index contributed by atoms with van der Waals surface area (Å²) in [7, 11) is 0. The highest BCUT2D eigenvalue weighted by molar-refractivity contribution is 5.99. The van der Waals surface area contributed by atoms with Gasteiger partial charge in [0.25, 0.3) is 0 Å². The van der Waals surface area contributed by atoms with Crippen molar-refractivity contribution in [2.75, 3.05) is 9.80 Å². The van der Waals surface area contributed by atoms with E-state index in [1.54, 1.807) is 0 Å². The topological polar surface area (TPSA) is 6.48 Å². The van der Waals surface area contributed by atoms with E-state index in [1.165, 1.54) is 89.0 Å². The van der Waals surface area contributed by atoms with Gasteiger partial charge in [0.05, 0.1) is 5.41 Å². The molecule has 0 unspecified atom stereocenters. The average molecular weight is 1030 g/mol. The van der Waals surface area contributed by atoms with E-state index in [2.05, 4.69) is 337 Å². The Hall–Kier alpha value is -10.5. The molecule has 13 aromatic rings. The summed E-state index contributed by atoms with van der Waals surface area (Å²) >= 11 is 0. The SMILES string of the molecule is c1ccc(-c2ccc(N(c3ccccc3)c3ccc(-c4ccc5c(c4)C4(c6ccccc6-c6ccccc6-c6ccccc64)c4cc(-c6ccc(N(c7ccccc7)c7ccc(-c8ccccc8)cc7)cc6)ccc4-5)cc3)cc2)cc1. The third-order valence-corrected chi connectivity index (χ3v) is 16.7. The molecule has 2 aliphatic carbocycles. The number of para-hydroxylation sites is 2. The summed E-state index contributed by atoms with van der Waals surface area (Å²) in [5, 5.41) is 0. The zero-order chi connectivity index (χ0) is 53.7. The van der Waals surface area contributed by atoms with Crippen LogP contribution in [-0.4, -0.2) is 0 Å².